The minimum Gasteiger partial charge on any atom is -0.507 e. The first-order chi connectivity index (χ1) is 14.0. The van der Waals surface area contributed by atoms with Crippen molar-refractivity contribution in [2.24, 2.45) is 0 Å². The van der Waals surface area contributed by atoms with Gasteiger partial charge in [0.1, 0.15) is 11.5 Å². The fourth-order valence-corrected chi connectivity index (χ4v) is 4.42. The van der Waals surface area contributed by atoms with E-state index < -0.39 is 0 Å². The third-order valence-electron chi connectivity index (χ3n) is 6.30. The largest absolute Gasteiger partial charge is 0.507 e. The van der Waals surface area contributed by atoms with Gasteiger partial charge in [-0.2, -0.15) is 0 Å². The molecule has 0 saturated carbocycles. The Hall–Kier alpha value is -2.00. The summed E-state index contributed by atoms with van der Waals surface area (Å²) in [7, 11) is 1.70. The van der Waals surface area contributed by atoms with E-state index in [0.29, 0.717) is 5.75 Å². The lowest BCUT2D eigenvalue weighted by molar-refractivity contribution is 0.184. The Morgan fingerprint density at radius 1 is 0.867 bits per heavy atom. The number of phenols is 1. The number of piperidine rings is 1. The summed E-state index contributed by atoms with van der Waals surface area (Å²) in [6.45, 7) is 15.4. The van der Waals surface area contributed by atoms with Crippen LogP contribution in [0.2, 0.25) is 0 Å². The normalized spacial score (nSPS) is 17.0. The number of hydrogen-bond donors (Lipinski definition) is 1. The Bertz CT molecular complexity index is 850. The van der Waals surface area contributed by atoms with Crippen LogP contribution >= 0.6 is 0 Å². The molecule has 1 atom stereocenters. The summed E-state index contributed by atoms with van der Waals surface area (Å²) in [6.07, 6.45) is 3.70. The lowest BCUT2D eigenvalue weighted by atomic mass is 9.77. The summed E-state index contributed by atoms with van der Waals surface area (Å²) >= 11 is 0. The standard InChI is InChI=1S/C27H39NO2/c1-26(2,3)20-17-22(25(29)23(18-20)27(4,5)6)24(28-15-9-8-10-16-28)19-11-13-21(30-7)14-12-19/h11-14,17-18,24,29H,8-10,15-16H2,1-7H3. The van der Waals surface area contributed by atoms with E-state index in [2.05, 4.69) is 70.7 Å². The number of ether oxygens (including phenoxy) is 1. The SMILES string of the molecule is COc1ccc(C(c2cc(C(C)(C)C)cc(C(C)(C)C)c2O)N2CCCCC2)cc1. The molecule has 3 heteroatoms. The zero-order valence-electron chi connectivity index (χ0n) is 19.9. The first-order valence-corrected chi connectivity index (χ1v) is 11.3. The molecule has 164 valence electrons. The maximum absolute atomic E-state index is 11.5. The van der Waals surface area contributed by atoms with Crippen LogP contribution in [0.5, 0.6) is 11.5 Å². The fourth-order valence-electron chi connectivity index (χ4n) is 4.42. The zero-order chi connectivity index (χ0) is 22.1. The van der Waals surface area contributed by atoms with Crippen molar-refractivity contribution in [1.29, 1.82) is 0 Å². The predicted molar refractivity (Wildman–Crippen MR) is 126 cm³/mol. The van der Waals surface area contributed by atoms with Gasteiger partial charge >= 0.3 is 0 Å². The summed E-state index contributed by atoms with van der Waals surface area (Å²) in [5.74, 6) is 1.31. The second kappa shape index (κ2) is 8.63. The number of phenolic OH excluding ortho intramolecular Hbond substituents is 1. The van der Waals surface area contributed by atoms with Crippen LogP contribution in [-0.2, 0) is 10.8 Å². The quantitative estimate of drug-likeness (QED) is 0.620. The second-order valence-electron chi connectivity index (χ2n) is 10.7. The maximum atomic E-state index is 11.5. The molecule has 0 bridgehead atoms. The van der Waals surface area contributed by atoms with Crippen LogP contribution in [0.1, 0.15) is 89.1 Å². The topological polar surface area (TPSA) is 32.7 Å². The molecule has 1 unspecified atom stereocenters. The first-order valence-electron chi connectivity index (χ1n) is 11.3. The smallest absolute Gasteiger partial charge is 0.124 e. The molecule has 1 saturated heterocycles. The molecular formula is C27H39NO2. The lowest BCUT2D eigenvalue weighted by Crippen LogP contribution is -2.35. The van der Waals surface area contributed by atoms with Gasteiger partial charge in [-0.3, -0.25) is 4.90 Å². The van der Waals surface area contributed by atoms with Crippen LogP contribution in [-0.4, -0.2) is 30.2 Å². The van der Waals surface area contributed by atoms with Gasteiger partial charge in [-0.25, -0.2) is 0 Å². The molecule has 1 heterocycles. The average molecular weight is 410 g/mol. The number of rotatable bonds is 4. The van der Waals surface area contributed by atoms with E-state index >= 15 is 0 Å². The van der Waals surface area contributed by atoms with Crippen LogP contribution in [0.3, 0.4) is 0 Å². The van der Waals surface area contributed by atoms with Gasteiger partial charge in [-0.15, -0.1) is 0 Å². The van der Waals surface area contributed by atoms with Crippen LogP contribution in [0.25, 0.3) is 0 Å². The molecule has 2 aromatic rings. The van der Waals surface area contributed by atoms with E-state index in [1.54, 1.807) is 7.11 Å². The molecule has 3 nitrogen and oxygen atoms in total. The molecule has 0 spiro atoms. The fraction of sp³-hybridized carbons (Fsp3) is 0.556. The highest BCUT2D eigenvalue weighted by Gasteiger charge is 2.31. The van der Waals surface area contributed by atoms with Crippen LogP contribution in [0.15, 0.2) is 36.4 Å². The van der Waals surface area contributed by atoms with Crippen LogP contribution in [0.4, 0.5) is 0 Å². The Kier molecular flexibility index (Phi) is 6.52. The zero-order valence-corrected chi connectivity index (χ0v) is 19.9. The number of likely N-dealkylation sites (tertiary alicyclic amines) is 1. The molecule has 2 aromatic carbocycles. The number of hydrogen-bond acceptors (Lipinski definition) is 3. The molecule has 0 radical (unpaired) electrons. The molecule has 0 aliphatic carbocycles. The van der Waals surface area contributed by atoms with Gasteiger partial charge in [0.05, 0.1) is 13.2 Å². The minimum atomic E-state index is -0.132. The Morgan fingerprint density at radius 2 is 1.47 bits per heavy atom. The molecule has 0 aromatic heterocycles. The predicted octanol–water partition coefficient (Wildman–Crippen LogP) is 6.57. The van der Waals surface area contributed by atoms with Gasteiger partial charge in [0.15, 0.2) is 0 Å². The molecule has 1 aliphatic rings. The molecule has 30 heavy (non-hydrogen) atoms. The summed E-state index contributed by atoms with van der Waals surface area (Å²) in [5, 5.41) is 11.5. The van der Waals surface area contributed by atoms with Crippen molar-refractivity contribution in [2.45, 2.75) is 77.7 Å². The summed E-state index contributed by atoms with van der Waals surface area (Å²) in [4.78, 5) is 2.54. The Labute approximate surface area is 183 Å². The van der Waals surface area contributed by atoms with Crippen molar-refractivity contribution in [1.82, 2.24) is 4.90 Å². The van der Waals surface area contributed by atoms with E-state index in [4.69, 9.17) is 4.74 Å². The molecular weight excluding hydrogens is 370 g/mol. The maximum Gasteiger partial charge on any atom is 0.124 e. The Morgan fingerprint density at radius 3 is 1.97 bits per heavy atom. The third-order valence-corrected chi connectivity index (χ3v) is 6.30. The van der Waals surface area contributed by atoms with Crippen molar-refractivity contribution in [3.63, 3.8) is 0 Å². The summed E-state index contributed by atoms with van der Waals surface area (Å²) in [5.41, 5.74) is 4.41. The molecule has 1 aliphatic heterocycles. The number of nitrogens with zero attached hydrogens (tertiary/aromatic N) is 1. The lowest BCUT2D eigenvalue weighted by Gasteiger charge is -2.37. The molecule has 1 fully saturated rings. The van der Waals surface area contributed by atoms with Gasteiger partial charge < -0.3 is 9.84 Å². The van der Waals surface area contributed by atoms with E-state index in [9.17, 15) is 5.11 Å². The second-order valence-corrected chi connectivity index (χ2v) is 10.7. The van der Waals surface area contributed by atoms with Crippen molar-refractivity contribution in [3.8, 4) is 11.5 Å². The Balaban J connectivity index is 2.23. The highest BCUT2D eigenvalue weighted by atomic mass is 16.5. The molecule has 3 rings (SSSR count). The van der Waals surface area contributed by atoms with E-state index in [-0.39, 0.29) is 16.9 Å². The number of benzene rings is 2. The number of methoxy groups -OCH3 is 1. The minimum absolute atomic E-state index is 0.00874. The number of aromatic hydroxyl groups is 1. The highest BCUT2D eigenvalue weighted by Crippen LogP contribution is 2.44. The monoisotopic (exact) mass is 409 g/mol. The summed E-state index contributed by atoms with van der Waals surface area (Å²) < 4.78 is 5.39. The van der Waals surface area contributed by atoms with Crippen molar-refractivity contribution in [3.05, 3.63) is 58.7 Å². The van der Waals surface area contributed by atoms with Crippen molar-refractivity contribution >= 4 is 0 Å². The third kappa shape index (κ3) is 4.83. The van der Waals surface area contributed by atoms with E-state index in [1.807, 2.05) is 12.1 Å². The van der Waals surface area contributed by atoms with Crippen LogP contribution < -0.4 is 4.74 Å². The van der Waals surface area contributed by atoms with Gasteiger partial charge in [0.2, 0.25) is 0 Å². The van der Waals surface area contributed by atoms with Gasteiger partial charge in [-0.1, -0.05) is 66.2 Å². The van der Waals surface area contributed by atoms with Crippen LogP contribution in [0, 0.1) is 0 Å². The average Bonchev–Trinajstić information content (AvgIpc) is 2.69. The summed E-state index contributed by atoms with van der Waals surface area (Å²) in [6, 6.07) is 12.9. The molecule has 1 N–H and O–H groups in total. The van der Waals surface area contributed by atoms with Crippen molar-refractivity contribution in [2.75, 3.05) is 20.2 Å². The van der Waals surface area contributed by atoms with Gasteiger partial charge in [0, 0.05) is 5.56 Å². The first kappa shape index (κ1) is 22.7. The van der Waals surface area contributed by atoms with Gasteiger partial charge in [-0.05, 0) is 71.7 Å². The molecule has 0 amide bonds. The van der Waals surface area contributed by atoms with Crippen molar-refractivity contribution < 1.29 is 9.84 Å². The van der Waals surface area contributed by atoms with E-state index in [1.165, 1.54) is 30.4 Å². The van der Waals surface area contributed by atoms with E-state index in [0.717, 1.165) is 30.0 Å². The van der Waals surface area contributed by atoms with Gasteiger partial charge in [0.25, 0.3) is 0 Å². The highest BCUT2D eigenvalue weighted by molar-refractivity contribution is 5.52.